The van der Waals surface area contributed by atoms with Crippen LogP contribution in [0.5, 0.6) is 0 Å². The molecule has 2 aromatic carbocycles. The Morgan fingerprint density at radius 3 is 2.57 bits per heavy atom. The Kier molecular flexibility index (Phi) is 5.18. The zero-order valence-electron chi connectivity index (χ0n) is 13.2. The number of benzene rings is 2. The van der Waals surface area contributed by atoms with E-state index in [1.54, 1.807) is 11.8 Å². The van der Waals surface area contributed by atoms with Gasteiger partial charge in [0.05, 0.1) is 0 Å². The van der Waals surface area contributed by atoms with E-state index in [0.717, 1.165) is 33.3 Å². The van der Waals surface area contributed by atoms with Gasteiger partial charge >= 0.3 is 0 Å². The molecule has 0 bridgehead atoms. The summed E-state index contributed by atoms with van der Waals surface area (Å²) in [7, 11) is 0. The third-order valence-electron chi connectivity index (χ3n) is 3.59. The summed E-state index contributed by atoms with van der Waals surface area (Å²) < 4.78 is 3.28. The van der Waals surface area contributed by atoms with Crippen molar-refractivity contribution in [3.05, 3.63) is 64.1 Å². The van der Waals surface area contributed by atoms with Crippen molar-refractivity contribution in [2.75, 3.05) is 0 Å². The SMILES string of the molecule is CCn1c(SCc2ccc(Br)cc2)nnc1-c1cccc(C)c1. The van der Waals surface area contributed by atoms with Crippen LogP contribution in [-0.2, 0) is 12.3 Å². The van der Waals surface area contributed by atoms with Crippen molar-refractivity contribution in [2.24, 2.45) is 0 Å². The molecule has 3 rings (SSSR count). The van der Waals surface area contributed by atoms with Crippen LogP contribution in [0.3, 0.4) is 0 Å². The van der Waals surface area contributed by atoms with Gasteiger partial charge in [0.15, 0.2) is 11.0 Å². The Labute approximate surface area is 149 Å². The maximum Gasteiger partial charge on any atom is 0.191 e. The number of aromatic nitrogens is 3. The number of aryl methyl sites for hydroxylation is 1. The fourth-order valence-electron chi connectivity index (χ4n) is 2.41. The average Bonchev–Trinajstić information content (AvgIpc) is 2.97. The summed E-state index contributed by atoms with van der Waals surface area (Å²) in [5.74, 6) is 1.83. The predicted octanol–water partition coefficient (Wildman–Crippen LogP) is 5.33. The van der Waals surface area contributed by atoms with Gasteiger partial charge in [0, 0.05) is 22.3 Å². The van der Waals surface area contributed by atoms with E-state index in [-0.39, 0.29) is 0 Å². The summed E-state index contributed by atoms with van der Waals surface area (Å²) in [5, 5.41) is 9.77. The van der Waals surface area contributed by atoms with Gasteiger partial charge in [-0.25, -0.2) is 0 Å². The third-order valence-corrected chi connectivity index (χ3v) is 5.16. The molecule has 3 aromatic rings. The molecule has 1 heterocycles. The van der Waals surface area contributed by atoms with Gasteiger partial charge in [-0.3, -0.25) is 0 Å². The minimum Gasteiger partial charge on any atom is -0.302 e. The second-order valence-corrected chi connectivity index (χ2v) is 7.19. The first-order chi connectivity index (χ1) is 11.2. The summed E-state index contributed by atoms with van der Waals surface area (Å²) >= 11 is 5.19. The summed E-state index contributed by atoms with van der Waals surface area (Å²) in [6, 6.07) is 16.8. The zero-order valence-corrected chi connectivity index (χ0v) is 15.6. The van der Waals surface area contributed by atoms with Crippen LogP contribution >= 0.6 is 27.7 Å². The summed E-state index contributed by atoms with van der Waals surface area (Å²) in [6.45, 7) is 5.09. The van der Waals surface area contributed by atoms with Crippen molar-refractivity contribution in [3.8, 4) is 11.4 Å². The minimum absolute atomic E-state index is 0.860. The van der Waals surface area contributed by atoms with Gasteiger partial charge in [-0.05, 0) is 37.6 Å². The second kappa shape index (κ2) is 7.32. The molecule has 0 atom stereocenters. The molecule has 0 saturated heterocycles. The van der Waals surface area contributed by atoms with E-state index in [9.17, 15) is 0 Å². The molecule has 0 aliphatic heterocycles. The summed E-state index contributed by atoms with van der Waals surface area (Å²) in [4.78, 5) is 0. The average molecular weight is 388 g/mol. The van der Waals surface area contributed by atoms with Gasteiger partial charge in [-0.15, -0.1) is 10.2 Å². The van der Waals surface area contributed by atoms with Crippen LogP contribution in [0.25, 0.3) is 11.4 Å². The molecule has 3 nitrogen and oxygen atoms in total. The Hall–Kier alpha value is -1.59. The lowest BCUT2D eigenvalue weighted by atomic mass is 10.1. The molecule has 5 heteroatoms. The number of nitrogens with zero attached hydrogens (tertiary/aromatic N) is 3. The molecule has 0 aliphatic rings. The van der Waals surface area contributed by atoms with E-state index < -0.39 is 0 Å². The van der Waals surface area contributed by atoms with Gasteiger partial charge in [0.2, 0.25) is 0 Å². The number of hydrogen-bond acceptors (Lipinski definition) is 3. The first-order valence-corrected chi connectivity index (χ1v) is 9.32. The minimum atomic E-state index is 0.860. The van der Waals surface area contributed by atoms with Crippen LogP contribution in [0.4, 0.5) is 0 Å². The standard InChI is InChI=1S/C18H18BrN3S/c1-3-22-17(15-6-4-5-13(2)11-15)20-21-18(22)23-12-14-7-9-16(19)10-8-14/h4-11H,3,12H2,1-2H3. The lowest BCUT2D eigenvalue weighted by Crippen LogP contribution is -2.00. The highest BCUT2D eigenvalue weighted by atomic mass is 79.9. The molecule has 0 saturated carbocycles. The van der Waals surface area contributed by atoms with Gasteiger partial charge in [0.1, 0.15) is 0 Å². The maximum atomic E-state index is 4.41. The zero-order chi connectivity index (χ0) is 16.2. The van der Waals surface area contributed by atoms with E-state index in [4.69, 9.17) is 0 Å². The molecular weight excluding hydrogens is 370 g/mol. The highest BCUT2D eigenvalue weighted by Crippen LogP contribution is 2.27. The molecule has 0 amide bonds. The molecule has 0 aliphatic carbocycles. The molecule has 0 fully saturated rings. The third kappa shape index (κ3) is 3.85. The largest absolute Gasteiger partial charge is 0.302 e. The van der Waals surface area contributed by atoms with E-state index in [0.29, 0.717) is 0 Å². The van der Waals surface area contributed by atoms with E-state index in [2.05, 4.69) is 93.1 Å². The van der Waals surface area contributed by atoms with Crippen LogP contribution in [0.1, 0.15) is 18.1 Å². The van der Waals surface area contributed by atoms with Crippen molar-refractivity contribution in [3.63, 3.8) is 0 Å². The van der Waals surface area contributed by atoms with Crippen molar-refractivity contribution in [2.45, 2.75) is 31.3 Å². The fraction of sp³-hybridized carbons (Fsp3) is 0.222. The van der Waals surface area contributed by atoms with Crippen LogP contribution in [0.2, 0.25) is 0 Å². The highest BCUT2D eigenvalue weighted by molar-refractivity contribution is 9.10. The van der Waals surface area contributed by atoms with Gasteiger partial charge in [-0.1, -0.05) is 63.6 Å². The maximum absolute atomic E-state index is 4.41. The monoisotopic (exact) mass is 387 g/mol. The lowest BCUT2D eigenvalue weighted by Gasteiger charge is -2.08. The molecular formula is C18H18BrN3S. The first-order valence-electron chi connectivity index (χ1n) is 7.55. The normalized spacial score (nSPS) is 10.9. The van der Waals surface area contributed by atoms with Gasteiger partial charge in [-0.2, -0.15) is 0 Å². The molecule has 23 heavy (non-hydrogen) atoms. The van der Waals surface area contributed by atoms with Crippen LogP contribution in [0.15, 0.2) is 58.2 Å². The van der Waals surface area contributed by atoms with Crippen molar-refractivity contribution in [1.29, 1.82) is 0 Å². The lowest BCUT2D eigenvalue weighted by molar-refractivity contribution is 0.687. The van der Waals surface area contributed by atoms with E-state index in [1.807, 2.05) is 0 Å². The van der Waals surface area contributed by atoms with E-state index in [1.165, 1.54) is 11.1 Å². The molecule has 0 spiro atoms. The molecule has 0 radical (unpaired) electrons. The van der Waals surface area contributed by atoms with E-state index >= 15 is 0 Å². The van der Waals surface area contributed by atoms with Crippen LogP contribution in [-0.4, -0.2) is 14.8 Å². The highest BCUT2D eigenvalue weighted by Gasteiger charge is 2.13. The molecule has 118 valence electrons. The number of hydrogen-bond donors (Lipinski definition) is 0. The summed E-state index contributed by atoms with van der Waals surface area (Å²) in [6.07, 6.45) is 0. The van der Waals surface area contributed by atoms with Crippen LogP contribution < -0.4 is 0 Å². The predicted molar refractivity (Wildman–Crippen MR) is 99.6 cm³/mol. The van der Waals surface area contributed by atoms with Crippen molar-refractivity contribution in [1.82, 2.24) is 14.8 Å². The first kappa shape index (κ1) is 16.3. The van der Waals surface area contributed by atoms with Gasteiger partial charge in [0.25, 0.3) is 0 Å². The second-order valence-electron chi connectivity index (χ2n) is 5.34. The Bertz CT molecular complexity index is 796. The molecule has 0 N–H and O–H groups in total. The number of rotatable bonds is 5. The Morgan fingerprint density at radius 1 is 1.09 bits per heavy atom. The Balaban J connectivity index is 1.82. The summed E-state index contributed by atoms with van der Waals surface area (Å²) in [5.41, 5.74) is 3.63. The van der Waals surface area contributed by atoms with Gasteiger partial charge < -0.3 is 4.57 Å². The molecule has 0 unspecified atom stereocenters. The van der Waals surface area contributed by atoms with Crippen LogP contribution in [0, 0.1) is 6.92 Å². The topological polar surface area (TPSA) is 30.7 Å². The quantitative estimate of drug-likeness (QED) is 0.554. The Morgan fingerprint density at radius 2 is 1.87 bits per heavy atom. The molecule has 1 aromatic heterocycles. The van der Waals surface area contributed by atoms with Crippen molar-refractivity contribution >= 4 is 27.7 Å². The fourth-order valence-corrected chi connectivity index (χ4v) is 3.63. The number of thioether (sulfide) groups is 1. The van der Waals surface area contributed by atoms with Crippen molar-refractivity contribution < 1.29 is 0 Å². The number of halogens is 1. The smallest absolute Gasteiger partial charge is 0.191 e.